The van der Waals surface area contributed by atoms with Crippen molar-refractivity contribution >= 4 is 34.6 Å². The number of fused-ring (bicyclic) bond motifs is 2. The van der Waals surface area contributed by atoms with Gasteiger partial charge in [-0.25, -0.2) is 19.7 Å². The molecule has 3 N–H and O–H groups in total. The summed E-state index contributed by atoms with van der Waals surface area (Å²) in [6, 6.07) is 5.67. The van der Waals surface area contributed by atoms with Crippen molar-refractivity contribution in [3.8, 4) is 11.4 Å². The van der Waals surface area contributed by atoms with E-state index in [2.05, 4.69) is 26.8 Å². The smallest absolute Gasteiger partial charge is 0.416 e. The lowest BCUT2D eigenvalue weighted by atomic mass is 10.0. The zero-order chi connectivity index (χ0) is 31.3. The van der Waals surface area contributed by atoms with Gasteiger partial charge in [-0.3, -0.25) is 18.7 Å². The average molecular weight is 609 g/mol. The summed E-state index contributed by atoms with van der Waals surface area (Å²) in [5.74, 6) is -0.601. The maximum Gasteiger partial charge on any atom is 0.416 e. The number of alkyl halides is 3. The van der Waals surface area contributed by atoms with E-state index in [1.807, 2.05) is 0 Å². The lowest BCUT2D eigenvalue weighted by Gasteiger charge is -2.18. The molecule has 1 saturated carbocycles. The van der Waals surface area contributed by atoms with Gasteiger partial charge in [-0.2, -0.15) is 13.2 Å². The number of ether oxygens (including phenoxy) is 1. The Morgan fingerprint density at radius 3 is 2.50 bits per heavy atom. The molecule has 2 atom stereocenters. The Hall–Kier alpha value is -5.21. The van der Waals surface area contributed by atoms with Crippen LogP contribution in [0.5, 0.6) is 5.75 Å². The lowest BCUT2D eigenvalue weighted by Crippen LogP contribution is -2.30. The Morgan fingerprint density at radius 2 is 1.84 bits per heavy atom. The molecule has 0 spiro atoms. The molecule has 228 valence electrons. The Bertz CT molecular complexity index is 1850. The number of benzene rings is 1. The van der Waals surface area contributed by atoms with Crippen molar-refractivity contribution in [3.63, 3.8) is 0 Å². The van der Waals surface area contributed by atoms with Crippen LogP contribution in [0, 0.1) is 11.8 Å². The Kier molecular flexibility index (Phi) is 7.10. The van der Waals surface area contributed by atoms with Crippen LogP contribution >= 0.6 is 0 Å². The quantitative estimate of drug-likeness (QED) is 0.316. The molecule has 15 heteroatoms. The van der Waals surface area contributed by atoms with Crippen LogP contribution in [0.1, 0.15) is 34.8 Å². The molecule has 12 nitrogen and oxygen atoms in total. The number of pyridine rings is 1. The van der Waals surface area contributed by atoms with E-state index >= 15 is 0 Å². The van der Waals surface area contributed by atoms with Gasteiger partial charge in [0.25, 0.3) is 5.91 Å². The van der Waals surface area contributed by atoms with E-state index in [9.17, 15) is 27.6 Å². The normalized spacial score (nSPS) is 19.6. The third kappa shape index (κ3) is 4.93. The number of nitrogens with zero attached hydrogens (tertiary/aromatic N) is 6. The van der Waals surface area contributed by atoms with Crippen LogP contribution in [0.4, 0.5) is 24.8 Å². The number of anilines is 2. The number of aromatic nitrogens is 5. The first-order valence-electron chi connectivity index (χ1n) is 13.7. The molecule has 3 aromatic heterocycles. The summed E-state index contributed by atoms with van der Waals surface area (Å²) >= 11 is 0. The minimum atomic E-state index is -4.61. The van der Waals surface area contributed by atoms with Crippen LogP contribution in [0.25, 0.3) is 16.9 Å². The molecule has 1 saturated heterocycles. The predicted octanol–water partition coefficient (Wildman–Crippen LogP) is 3.43. The minimum Gasteiger partial charge on any atom is -0.496 e. The molecular weight excluding hydrogens is 581 g/mol. The van der Waals surface area contributed by atoms with E-state index in [0.717, 1.165) is 18.3 Å². The summed E-state index contributed by atoms with van der Waals surface area (Å²) in [4.78, 5) is 53.3. The van der Waals surface area contributed by atoms with Crippen molar-refractivity contribution in [2.45, 2.75) is 25.1 Å². The van der Waals surface area contributed by atoms with Crippen LogP contribution in [0.15, 0.2) is 60.3 Å². The highest BCUT2D eigenvalue weighted by Crippen LogP contribution is 2.44. The largest absolute Gasteiger partial charge is 0.496 e. The van der Waals surface area contributed by atoms with E-state index in [-0.39, 0.29) is 52.3 Å². The van der Waals surface area contributed by atoms with Crippen molar-refractivity contribution in [3.05, 3.63) is 77.1 Å². The third-order valence-electron chi connectivity index (χ3n) is 8.27. The second kappa shape index (κ2) is 10.8. The number of carbonyl (C=O) groups is 2. The first kappa shape index (κ1) is 28.9. The zero-order valence-corrected chi connectivity index (χ0v) is 23.4. The van der Waals surface area contributed by atoms with Gasteiger partial charge < -0.3 is 20.7 Å². The predicted molar refractivity (Wildman–Crippen MR) is 153 cm³/mol. The standard InChI is InChI=1S/C29H27F3N8O4/c1-3-23(41)38-12-15-8-19(9-16(15)13-38)40-26-24(25(33)35-14-36-26)39(28(40)43)18-4-5-20(21(11-18)44-2)27(42)37-22-10-17(6-7-34-22)29(30,31)32/h3-7,10-11,14-16,19H,1,8-9,12-13H2,2H3,(H2,33,35,36)(H,34,37,42). The first-order valence-corrected chi connectivity index (χ1v) is 13.7. The lowest BCUT2D eigenvalue weighted by molar-refractivity contribution is -0.137. The first-order chi connectivity index (χ1) is 21.0. The Balaban J connectivity index is 1.34. The Morgan fingerprint density at radius 1 is 1.11 bits per heavy atom. The summed E-state index contributed by atoms with van der Waals surface area (Å²) in [7, 11) is 1.32. The van der Waals surface area contributed by atoms with Crippen LogP contribution in [0.2, 0.25) is 0 Å². The van der Waals surface area contributed by atoms with Gasteiger partial charge in [0.15, 0.2) is 11.5 Å². The molecule has 0 radical (unpaired) electrons. The molecule has 6 rings (SSSR count). The molecule has 44 heavy (non-hydrogen) atoms. The fraction of sp³-hybridized carbons (Fsp3) is 0.310. The van der Waals surface area contributed by atoms with Crippen molar-refractivity contribution in [1.29, 1.82) is 0 Å². The highest BCUT2D eigenvalue weighted by Gasteiger charge is 2.44. The van der Waals surface area contributed by atoms with Gasteiger partial charge in [-0.05, 0) is 55.0 Å². The molecular formula is C29H27F3N8O4. The number of nitrogen functional groups attached to an aromatic ring is 1. The van der Waals surface area contributed by atoms with Crippen LogP contribution in [-0.2, 0) is 11.0 Å². The van der Waals surface area contributed by atoms with E-state index in [4.69, 9.17) is 10.5 Å². The highest BCUT2D eigenvalue weighted by molar-refractivity contribution is 6.06. The van der Waals surface area contributed by atoms with Gasteiger partial charge >= 0.3 is 11.9 Å². The summed E-state index contributed by atoms with van der Waals surface area (Å²) in [6.45, 7) is 4.75. The number of nitrogens with one attached hydrogen (secondary N) is 1. The van der Waals surface area contributed by atoms with Crippen LogP contribution < -0.4 is 21.5 Å². The maximum absolute atomic E-state index is 14.0. The van der Waals surface area contributed by atoms with Crippen molar-refractivity contribution in [2.75, 3.05) is 31.2 Å². The highest BCUT2D eigenvalue weighted by atomic mass is 19.4. The average Bonchev–Trinajstić information content (AvgIpc) is 3.66. The Labute approximate surface area is 248 Å². The molecule has 2 unspecified atom stereocenters. The summed E-state index contributed by atoms with van der Waals surface area (Å²) in [6.07, 6.45) is 0.264. The van der Waals surface area contributed by atoms with E-state index in [1.54, 1.807) is 9.47 Å². The van der Waals surface area contributed by atoms with E-state index < -0.39 is 23.3 Å². The summed E-state index contributed by atoms with van der Waals surface area (Å²) < 4.78 is 47.7. The molecule has 4 aromatic rings. The third-order valence-corrected chi connectivity index (χ3v) is 8.27. The number of hydrogen-bond donors (Lipinski definition) is 2. The van der Waals surface area contributed by atoms with Crippen molar-refractivity contribution in [2.24, 2.45) is 11.8 Å². The van der Waals surface area contributed by atoms with Crippen LogP contribution in [-0.4, -0.2) is 61.0 Å². The number of amides is 2. The van der Waals surface area contributed by atoms with E-state index in [1.165, 1.54) is 42.3 Å². The van der Waals surface area contributed by atoms with Crippen molar-refractivity contribution < 1.29 is 27.5 Å². The molecule has 4 heterocycles. The molecule has 2 aliphatic rings. The summed E-state index contributed by atoms with van der Waals surface area (Å²) in [5.41, 5.74) is 5.82. The number of hydrogen-bond acceptors (Lipinski definition) is 8. The van der Waals surface area contributed by atoms with Gasteiger partial charge in [0.05, 0.1) is 23.9 Å². The van der Waals surface area contributed by atoms with Gasteiger partial charge in [-0.15, -0.1) is 0 Å². The molecule has 2 amide bonds. The number of carbonyl (C=O) groups excluding carboxylic acids is 2. The fourth-order valence-corrected chi connectivity index (χ4v) is 6.29. The number of likely N-dealkylation sites (tertiary alicyclic amines) is 1. The molecule has 1 aliphatic carbocycles. The van der Waals surface area contributed by atoms with Gasteiger partial charge in [0.1, 0.15) is 23.4 Å². The van der Waals surface area contributed by atoms with Gasteiger partial charge in [-0.1, -0.05) is 6.58 Å². The van der Waals surface area contributed by atoms with Crippen LogP contribution in [0.3, 0.4) is 0 Å². The molecule has 1 aromatic carbocycles. The molecule has 2 fully saturated rings. The van der Waals surface area contributed by atoms with E-state index in [0.29, 0.717) is 37.3 Å². The maximum atomic E-state index is 14.0. The molecule has 1 aliphatic heterocycles. The SMILES string of the molecule is C=CC(=O)N1CC2CC(n3c(=O)n(-c4ccc(C(=O)Nc5cc(C(F)(F)F)ccn5)c(OC)c4)c4c(N)ncnc43)CC2C1. The molecule has 0 bridgehead atoms. The number of nitrogens with two attached hydrogens (primary N) is 1. The monoisotopic (exact) mass is 608 g/mol. The van der Waals surface area contributed by atoms with Crippen molar-refractivity contribution in [1.82, 2.24) is 29.0 Å². The number of imidazole rings is 1. The zero-order valence-electron chi connectivity index (χ0n) is 23.4. The van der Waals surface area contributed by atoms with Gasteiger partial charge in [0.2, 0.25) is 5.91 Å². The second-order valence-electron chi connectivity index (χ2n) is 10.8. The topological polar surface area (TPSA) is 150 Å². The second-order valence-corrected chi connectivity index (χ2v) is 10.8. The number of halogens is 3. The summed E-state index contributed by atoms with van der Waals surface area (Å²) in [5, 5.41) is 2.36. The number of rotatable bonds is 6. The minimum absolute atomic E-state index is 0.00119. The fourth-order valence-electron chi connectivity index (χ4n) is 6.29. The van der Waals surface area contributed by atoms with Gasteiger partial charge in [0, 0.05) is 31.4 Å². The number of methoxy groups -OCH3 is 1.